The van der Waals surface area contributed by atoms with Crippen LogP contribution in [0.25, 0.3) is 5.69 Å². The zero-order chi connectivity index (χ0) is 20.1. The molecule has 0 unspecified atom stereocenters. The van der Waals surface area contributed by atoms with Crippen LogP contribution < -0.4 is 5.43 Å². The van der Waals surface area contributed by atoms with Gasteiger partial charge in [-0.05, 0) is 63.2 Å². The van der Waals surface area contributed by atoms with Gasteiger partial charge < -0.3 is 4.57 Å². The average Bonchev–Trinajstić information content (AvgIpc) is 2.97. The predicted octanol–water partition coefficient (Wildman–Crippen LogP) is 4.86. The van der Waals surface area contributed by atoms with Crippen LogP contribution in [0, 0.1) is 19.7 Å². The number of hydrazone groups is 1. The molecule has 2 aromatic carbocycles. The van der Waals surface area contributed by atoms with Crippen LogP contribution in [0.2, 0.25) is 0 Å². The van der Waals surface area contributed by atoms with E-state index in [9.17, 15) is 9.18 Å². The van der Waals surface area contributed by atoms with Crippen molar-refractivity contribution in [3.05, 3.63) is 83.4 Å². The number of nitrogens with zero attached hydrogens (tertiary/aromatic N) is 2. The molecule has 144 valence electrons. The van der Waals surface area contributed by atoms with Gasteiger partial charge in [-0.2, -0.15) is 5.10 Å². The van der Waals surface area contributed by atoms with Crippen LogP contribution in [0.1, 0.15) is 23.9 Å². The molecule has 4 nitrogen and oxygen atoms in total. The molecule has 0 saturated carbocycles. The first kappa shape index (κ1) is 19.9. The van der Waals surface area contributed by atoms with Crippen molar-refractivity contribution in [3.8, 4) is 5.69 Å². The molecule has 0 bridgehead atoms. The molecule has 1 atom stereocenters. The maximum Gasteiger partial charge on any atom is 0.253 e. The van der Waals surface area contributed by atoms with Crippen molar-refractivity contribution in [2.75, 3.05) is 0 Å². The van der Waals surface area contributed by atoms with Crippen LogP contribution in [-0.4, -0.2) is 21.9 Å². The second-order valence-electron chi connectivity index (χ2n) is 6.45. The fourth-order valence-corrected chi connectivity index (χ4v) is 3.80. The lowest BCUT2D eigenvalue weighted by Gasteiger charge is -2.10. The SMILES string of the molecule is Cc1cc(/C=N\NC(=O)[C@@H](C)Sc2ccccc2)c(C)n1-c1ccc(F)cc1. The highest BCUT2D eigenvalue weighted by molar-refractivity contribution is 8.00. The Morgan fingerprint density at radius 3 is 2.50 bits per heavy atom. The van der Waals surface area contributed by atoms with Gasteiger partial charge in [0, 0.05) is 27.5 Å². The molecule has 28 heavy (non-hydrogen) atoms. The van der Waals surface area contributed by atoms with Gasteiger partial charge >= 0.3 is 0 Å². The van der Waals surface area contributed by atoms with Crippen LogP contribution >= 0.6 is 11.8 Å². The minimum absolute atomic E-state index is 0.155. The number of hydrogen-bond donors (Lipinski definition) is 1. The van der Waals surface area contributed by atoms with Gasteiger partial charge in [-0.1, -0.05) is 18.2 Å². The van der Waals surface area contributed by atoms with E-state index >= 15 is 0 Å². The molecule has 6 heteroatoms. The highest BCUT2D eigenvalue weighted by Crippen LogP contribution is 2.23. The first-order chi connectivity index (χ1) is 13.5. The summed E-state index contributed by atoms with van der Waals surface area (Å²) in [4.78, 5) is 13.3. The summed E-state index contributed by atoms with van der Waals surface area (Å²) in [5.74, 6) is -0.421. The highest BCUT2D eigenvalue weighted by Gasteiger charge is 2.14. The van der Waals surface area contributed by atoms with Crippen molar-refractivity contribution in [1.82, 2.24) is 9.99 Å². The Morgan fingerprint density at radius 1 is 1.14 bits per heavy atom. The second kappa shape index (κ2) is 8.89. The summed E-state index contributed by atoms with van der Waals surface area (Å²) in [5.41, 5.74) is 6.35. The van der Waals surface area contributed by atoms with E-state index in [0.29, 0.717) is 0 Å². The lowest BCUT2D eigenvalue weighted by atomic mass is 10.2. The fourth-order valence-electron chi connectivity index (χ4n) is 2.92. The number of carbonyl (C=O) groups is 1. The highest BCUT2D eigenvalue weighted by atomic mass is 32.2. The van der Waals surface area contributed by atoms with E-state index in [0.717, 1.165) is 27.5 Å². The molecule has 3 aromatic rings. The number of benzene rings is 2. The molecule has 1 N–H and O–H groups in total. The van der Waals surface area contributed by atoms with Crippen LogP contribution in [0.4, 0.5) is 4.39 Å². The van der Waals surface area contributed by atoms with Gasteiger partial charge in [0.15, 0.2) is 0 Å². The lowest BCUT2D eigenvalue weighted by Crippen LogP contribution is -2.26. The van der Waals surface area contributed by atoms with Gasteiger partial charge in [-0.25, -0.2) is 9.82 Å². The van der Waals surface area contributed by atoms with Gasteiger partial charge in [0.25, 0.3) is 5.91 Å². The Balaban J connectivity index is 1.67. The molecule has 0 fully saturated rings. The van der Waals surface area contributed by atoms with Crippen molar-refractivity contribution < 1.29 is 9.18 Å². The smallest absolute Gasteiger partial charge is 0.253 e. The van der Waals surface area contributed by atoms with Gasteiger partial charge in [0.05, 0.1) is 11.5 Å². The summed E-state index contributed by atoms with van der Waals surface area (Å²) in [6, 6.07) is 18.1. The Hall–Kier alpha value is -2.86. The van der Waals surface area contributed by atoms with Gasteiger partial charge in [0.2, 0.25) is 0 Å². The van der Waals surface area contributed by atoms with Crippen molar-refractivity contribution >= 4 is 23.9 Å². The lowest BCUT2D eigenvalue weighted by molar-refractivity contribution is -0.120. The number of aryl methyl sites for hydroxylation is 1. The monoisotopic (exact) mass is 395 g/mol. The molecule has 0 radical (unpaired) electrons. The number of thioether (sulfide) groups is 1. The van der Waals surface area contributed by atoms with E-state index in [4.69, 9.17) is 0 Å². The van der Waals surface area contributed by atoms with Crippen LogP contribution in [-0.2, 0) is 4.79 Å². The number of hydrogen-bond acceptors (Lipinski definition) is 3. The second-order valence-corrected chi connectivity index (χ2v) is 7.86. The standard InChI is InChI=1S/C22H22FN3OS/c1-15-13-18(16(2)26(15)20-11-9-19(23)10-12-20)14-24-25-22(27)17(3)28-21-7-5-4-6-8-21/h4-14,17H,1-3H3,(H,25,27)/b24-14-/t17-/m1/s1. The molecule has 1 aromatic heterocycles. The summed E-state index contributed by atoms with van der Waals surface area (Å²) in [7, 11) is 0. The largest absolute Gasteiger partial charge is 0.318 e. The third-order valence-electron chi connectivity index (χ3n) is 4.36. The van der Waals surface area contributed by atoms with Crippen molar-refractivity contribution in [2.24, 2.45) is 5.10 Å². The summed E-state index contributed by atoms with van der Waals surface area (Å²) in [6.07, 6.45) is 1.64. The van der Waals surface area contributed by atoms with Gasteiger partial charge in [-0.15, -0.1) is 11.8 Å². The molecule has 3 rings (SSSR count). The van der Waals surface area contributed by atoms with E-state index in [-0.39, 0.29) is 17.0 Å². The Bertz CT molecular complexity index is 981. The molecule has 1 heterocycles. The van der Waals surface area contributed by atoms with Crippen LogP contribution in [0.5, 0.6) is 0 Å². The quantitative estimate of drug-likeness (QED) is 0.368. The topological polar surface area (TPSA) is 46.4 Å². The number of nitrogens with one attached hydrogen (secondary N) is 1. The Kier molecular flexibility index (Phi) is 6.31. The van der Waals surface area contributed by atoms with E-state index in [1.54, 1.807) is 18.3 Å². The molecule has 0 spiro atoms. The van der Waals surface area contributed by atoms with E-state index in [2.05, 4.69) is 10.5 Å². The average molecular weight is 396 g/mol. The number of amides is 1. The molecule has 0 aliphatic heterocycles. The minimum Gasteiger partial charge on any atom is -0.318 e. The summed E-state index contributed by atoms with van der Waals surface area (Å²) >= 11 is 1.49. The molecular formula is C22H22FN3OS. The summed E-state index contributed by atoms with van der Waals surface area (Å²) in [6.45, 7) is 5.79. The van der Waals surface area contributed by atoms with Gasteiger partial charge in [0.1, 0.15) is 5.82 Å². The van der Waals surface area contributed by atoms with Crippen LogP contribution in [0.15, 0.2) is 70.7 Å². The normalized spacial score (nSPS) is 12.3. The van der Waals surface area contributed by atoms with Crippen LogP contribution in [0.3, 0.4) is 0 Å². The summed E-state index contributed by atoms with van der Waals surface area (Å²) < 4.78 is 15.2. The number of halogens is 1. The molecule has 0 aliphatic rings. The summed E-state index contributed by atoms with van der Waals surface area (Å²) in [5, 5.41) is 3.86. The van der Waals surface area contributed by atoms with E-state index in [1.807, 2.05) is 61.7 Å². The Labute approximate surface area is 168 Å². The van der Waals surface area contributed by atoms with E-state index in [1.165, 1.54) is 23.9 Å². The number of carbonyl (C=O) groups excluding carboxylic acids is 1. The first-order valence-corrected chi connectivity index (χ1v) is 9.83. The van der Waals surface area contributed by atoms with Crippen molar-refractivity contribution in [3.63, 3.8) is 0 Å². The maximum atomic E-state index is 13.2. The predicted molar refractivity (Wildman–Crippen MR) is 113 cm³/mol. The third-order valence-corrected chi connectivity index (χ3v) is 5.47. The number of aromatic nitrogens is 1. The zero-order valence-corrected chi connectivity index (χ0v) is 16.8. The zero-order valence-electron chi connectivity index (χ0n) is 16.0. The Morgan fingerprint density at radius 2 is 1.82 bits per heavy atom. The molecule has 0 aliphatic carbocycles. The third kappa shape index (κ3) is 4.70. The fraction of sp³-hybridized carbons (Fsp3) is 0.182. The van der Waals surface area contributed by atoms with Gasteiger partial charge in [-0.3, -0.25) is 4.79 Å². The van der Waals surface area contributed by atoms with Crippen molar-refractivity contribution in [1.29, 1.82) is 0 Å². The molecular weight excluding hydrogens is 373 g/mol. The first-order valence-electron chi connectivity index (χ1n) is 8.95. The number of rotatable bonds is 6. The molecule has 1 amide bonds. The van der Waals surface area contributed by atoms with Crippen molar-refractivity contribution in [2.45, 2.75) is 30.9 Å². The molecule has 0 saturated heterocycles. The maximum absolute atomic E-state index is 13.2. The minimum atomic E-state index is -0.266. The van der Waals surface area contributed by atoms with E-state index < -0.39 is 0 Å².